The highest BCUT2D eigenvalue weighted by atomic mass is 32.2. The van der Waals surface area contributed by atoms with Gasteiger partial charge in [-0.05, 0) is 70.0 Å². The Morgan fingerprint density at radius 2 is 1.67 bits per heavy atom. The lowest BCUT2D eigenvalue weighted by molar-refractivity contribution is 0.0636. The summed E-state index contributed by atoms with van der Waals surface area (Å²) in [6, 6.07) is 12.0. The molecule has 0 heterocycles. The normalized spacial score (nSPS) is 11.9. The summed E-state index contributed by atoms with van der Waals surface area (Å²) >= 11 is 0. The van der Waals surface area contributed by atoms with Crippen molar-refractivity contribution in [3.05, 3.63) is 59.2 Å². The van der Waals surface area contributed by atoms with E-state index in [1.54, 1.807) is 57.2 Å². The van der Waals surface area contributed by atoms with Gasteiger partial charge in [0, 0.05) is 12.2 Å². The monoisotopic (exact) mass is 390 g/mol. The standard InChI is InChI=1S/C20H26N2O4S/c1-14-6-10-18(11-7-14)27(24,25)21-13-16-12-17(9-8-15(16)2)22-19(23)26-20(3,4)5/h6-12,21H,13H2,1-5H3,(H,22,23). The number of amides is 1. The number of anilines is 1. The van der Waals surface area contributed by atoms with Gasteiger partial charge in [-0.1, -0.05) is 23.8 Å². The quantitative estimate of drug-likeness (QED) is 0.804. The van der Waals surface area contributed by atoms with Crippen LogP contribution in [0.3, 0.4) is 0 Å². The molecule has 0 saturated carbocycles. The summed E-state index contributed by atoms with van der Waals surface area (Å²) < 4.78 is 32.7. The molecule has 0 fully saturated rings. The summed E-state index contributed by atoms with van der Waals surface area (Å²) in [5.74, 6) is 0. The Kier molecular flexibility index (Phi) is 6.28. The summed E-state index contributed by atoms with van der Waals surface area (Å²) in [7, 11) is -3.61. The number of nitrogens with one attached hydrogen (secondary N) is 2. The van der Waals surface area contributed by atoms with Crippen LogP contribution in [-0.2, 0) is 21.3 Å². The predicted octanol–water partition coefficient (Wildman–Crippen LogP) is 4.13. The molecule has 0 saturated heterocycles. The minimum absolute atomic E-state index is 0.117. The van der Waals surface area contributed by atoms with Crippen molar-refractivity contribution in [3.8, 4) is 0 Å². The zero-order chi connectivity index (χ0) is 20.2. The fourth-order valence-corrected chi connectivity index (χ4v) is 3.34. The highest BCUT2D eigenvalue weighted by Gasteiger charge is 2.17. The fourth-order valence-electron chi connectivity index (χ4n) is 2.33. The van der Waals surface area contributed by atoms with Gasteiger partial charge < -0.3 is 4.74 Å². The number of rotatable bonds is 5. The van der Waals surface area contributed by atoms with E-state index in [1.807, 2.05) is 19.9 Å². The summed E-state index contributed by atoms with van der Waals surface area (Å²) in [4.78, 5) is 12.1. The van der Waals surface area contributed by atoms with Crippen LogP contribution in [0.4, 0.5) is 10.5 Å². The minimum atomic E-state index is -3.61. The average Bonchev–Trinajstić information content (AvgIpc) is 2.54. The molecule has 0 bridgehead atoms. The van der Waals surface area contributed by atoms with Gasteiger partial charge in [0.2, 0.25) is 10.0 Å². The molecular weight excluding hydrogens is 364 g/mol. The summed E-state index contributed by atoms with van der Waals surface area (Å²) in [5, 5.41) is 2.66. The van der Waals surface area contributed by atoms with E-state index in [2.05, 4.69) is 10.0 Å². The second kappa shape index (κ2) is 8.10. The molecule has 27 heavy (non-hydrogen) atoms. The first kappa shape index (κ1) is 20.9. The van der Waals surface area contributed by atoms with Gasteiger partial charge in [0.25, 0.3) is 0 Å². The van der Waals surface area contributed by atoms with E-state index in [1.165, 1.54) is 0 Å². The zero-order valence-electron chi connectivity index (χ0n) is 16.3. The maximum absolute atomic E-state index is 12.4. The van der Waals surface area contributed by atoms with Crippen LogP contribution in [-0.4, -0.2) is 20.1 Å². The minimum Gasteiger partial charge on any atom is -0.444 e. The molecule has 0 atom stereocenters. The van der Waals surface area contributed by atoms with Crippen molar-refractivity contribution in [3.63, 3.8) is 0 Å². The fraction of sp³-hybridized carbons (Fsp3) is 0.350. The van der Waals surface area contributed by atoms with Gasteiger partial charge in [-0.25, -0.2) is 17.9 Å². The number of carbonyl (C=O) groups excluding carboxylic acids is 1. The third-order valence-corrected chi connectivity index (χ3v) is 5.20. The van der Waals surface area contributed by atoms with E-state index in [0.29, 0.717) is 5.69 Å². The van der Waals surface area contributed by atoms with Crippen LogP contribution >= 0.6 is 0 Å². The van der Waals surface area contributed by atoms with Crippen molar-refractivity contribution in [1.29, 1.82) is 0 Å². The smallest absolute Gasteiger partial charge is 0.412 e. The van der Waals surface area contributed by atoms with Crippen LogP contribution in [0.25, 0.3) is 0 Å². The van der Waals surface area contributed by atoms with Gasteiger partial charge in [-0.2, -0.15) is 0 Å². The van der Waals surface area contributed by atoms with Crippen LogP contribution in [0.5, 0.6) is 0 Å². The van der Waals surface area contributed by atoms with E-state index < -0.39 is 21.7 Å². The Morgan fingerprint density at radius 3 is 2.26 bits per heavy atom. The molecule has 2 rings (SSSR count). The van der Waals surface area contributed by atoms with E-state index in [0.717, 1.165) is 16.7 Å². The molecular formula is C20H26N2O4S. The lowest BCUT2D eigenvalue weighted by Gasteiger charge is -2.20. The molecule has 2 N–H and O–H groups in total. The van der Waals surface area contributed by atoms with Crippen LogP contribution in [0, 0.1) is 13.8 Å². The van der Waals surface area contributed by atoms with E-state index in [-0.39, 0.29) is 11.4 Å². The van der Waals surface area contributed by atoms with Crippen LogP contribution in [0.1, 0.15) is 37.5 Å². The molecule has 0 aliphatic rings. The van der Waals surface area contributed by atoms with Crippen LogP contribution < -0.4 is 10.0 Å². The maximum atomic E-state index is 12.4. The molecule has 0 radical (unpaired) electrons. The third-order valence-electron chi connectivity index (χ3n) is 3.78. The van der Waals surface area contributed by atoms with Crippen molar-refractivity contribution in [2.75, 3.05) is 5.32 Å². The molecule has 0 aliphatic heterocycles. The summed E-state index contributed by atoms with van der Waals surface area (Å²) in [5.41, 5.74) is 2.61. The summed E-state index contributed by atoms with van der Waals surface area (Å²) in [6.07, 6.45) is -0.558. The number of hydrogen-bond acceptors (Lipinski definition) is 4. The molecule has 2 aromatic rings. The Balaban J connectivity index is 2.10. The summed E-state index contributed by atoms with van der Waals surface area (Å²) in [6.45, 7) is 9.25. The number of ether oxygens (including phenoxy) is 1. The molecule has 1 amide bonds. The lowest BCUT2D eigenvalue weighted by atomic mass is 10.1. The van der Waals surface area contributed by atoms with Gasteiger partial charge in [0.15, 0.2) is 0 Å². The first-order valence-electron chi connectivity index (χ1n) is 8.62. The first-order valence-corrected chi connectivity index (χ1v) is 10.1. The van der Waals surface area contributed by atoms with E-state index in [9.17, 15) is 13.2 Å². The van der Waals surface area contributed by atoms with Crippen molar-refractivity contribution in [1.82, 2.24) is 4.72 Å². The Labute approximate surface area is 161 Å². The third kappa shape index (κ3) is 6.37. The van der Waals surface area contributed by atoms with Crippen molar-refractivity contribution < 1.29 is 17.9 Å². The van der Waals surface area contributed by atoms with Gasteiger partial charge in [0.1, 0.15) is 5.60 Å². The molecule has 7 heteroatoms. The topological polar surface area (TPSA) is 84.5 Å². The number of benzene rings is 2. The van der Waals surface area contributed by atoms with Gasteiger partial charge in [0.05, 0.1) is 4.90 Å². The number of sulfonamides is 1. The average molecular weight is 391 g/mol. The predicted molar refractivity (Wildman–Crippen MR) is 106 cm³/mol. The number of hydrogen-bond donors (Lipinski definition) is 2. The molecule has 0 aliphatic carbocycles. The van der Waals surface area contributed by atoms with Crippen molar-refractivity contribution in [2.24, 2.45) is 0 Å². The molecule has 6 nitrogen and oxygen atoms in total. The maximum Gasteiger partial charge on any atom is 0.412 e. The molecule has 146 valence electrons. The number of aryl methyl sites for hydroxylation is 2. The molecule has 2 aromatic carbocycles. The Bertz CT molecular complexity index is 914. The molecule has 0 spiro atoms. The molecule has 0 unspecified atom stereocenters. The SMILES string of the molecule is Cc1ccc(S(=O)(=O)NCc2cc(NC(=O)OC(C)(C)C)ccc2C)cc1. The zero-order valence-corrected chi connectivity index (χ0v) is 17.1. The largest absolute Gasteiger partial charge is 0.444 e. The Hall–Kier alpha value is -2.38. The van der Waals surface area contributed by atoms with Crippen LogP contribution in [0.15, 0.2) is 47.4 Å². The van der Waals surface area contributed by atoms with Gasteiger partial charge in [-0.15, -0.1) is 0 Å². The van der Waals surface area contributed by atoms with Gasteiger partial charge >= 0.3 is 6.09 Å². The molecule has 0 aromatic heterocycles. The second-order valence-electron chi connectivity index (χ2n) is 7.41. The van der Waals surface area contributed by atoms with E-state index in [4.69, 9.17) is 4.74 Å². The van der Waals surface area contributed by atoms with Crippen molar-refractivity contribution >= 4 is 21.8 Å². The van der Waals surface area contributed by atoms with Crippen molar-refractivity contribution in [2.45, 2.75) is 51.7 Å². The highest BCUT2D eigenvalue weighted by Crippen LogP contribution is 2.18. The van der Waals surface area contributed by atoms with E-state index >= 15 is 0 Å². The van der Waals surface area contributed by atoms with Crippen LogP contribution in [0.2, 0.25) is 0 Å². The first-order chi connectivity index (χ1) is 12.5. The highest BCUT2D eigenvalue weighted by molar-refractivity contribution is 7.89. The Morgan fingerprint density at radius 1 is 1.04 bits per heavy atom. The second-order valence-corrected chi connectivity index (χ2v) is 9.17. The number of carbonyl (C=O) groups is 1. The van der Waals surface area contributed by atoms with Gasteiger partial charge in [-0.3, -0.25) is 5.32 Å². The lowest BCUT2D eigenvalue weighted by Crippen LogP contribution is -2.27.